The number of hydrogen-bond donors (Lipinski definition) is 0. The van der Waals surface area contributed by atoms with Crippen molar-refractivity contribution in [3.05, 3.63) is 78.1 Å². The van der Waals surface area contributed by atoms with Crippen LogP contribution in [-0.4, -0.2) is 66.0 Å². The van der Waals surface area contributed by atoms with Gasteiger partial charge in [-0.2, -0.15) is 0 Å². The number of piperidine rings is 1. The number of amides is 2. The van der Waals surface area contributed by atoms with Gasteiger partial charge in [0, 0.05) is 60.9 Å². The molecule has 3 aromatic rings. The molecule has 6 nitrogen and oxygen atoms in total. The summed E-state index contributed by atoms with van der Waals surface area (Å²) in [4.78, 5) is 34.8. The lowest BCUT2D eigenvalue weighted by molar-refractivity contribution is -0.144. The maximum atomic E-state index is 13.7. The van der Waals surface area contributed by atoms with Gasteiger partial charge in [0.25, 0.3) is 5.91 Å². The summed E-state index contributed by atoms with van der Waals surface area (Å²) in [5.41, 5.74) is 1.50. The van der Waals surface area contributed by atoms with Crippen molar-refractivity contribution in [2.24, 2.45) is 11.3 Å². The Balaban J connectivity index is 1.24. The van der Waals surface area contributed by atoms with Crippen LogP contribution in [0.4, 0.5) is 0 Å². The molecule has 0 bridgehead atoms. The minimum Gasteiger partial charge on any atom is -0.379 e. The van der Waals surface area contributed by atoms with Gasteiger partial charge in [-0.1, -0.05) is 43.3 Å². The number of pyridine rings is 1. The SMILES string of the molecule is CC1(C(=O)N2CCOC[C@@H](Cc3cccc4ccncc34)C2)CCN(C(=O)c2ccccc2)CC1. The zero-order valence-electron chi connectivity index (χ0n) is 20.4. The van der Waals surface area contributed by atoms with Crippen LogP contribution in [-0.2, 0) is 16.0 Å². The third-order valence-corrected chi connectivity index (χ3v) is 7.60. The number of hydrogen-bond acceptors (Lipinski definition) is 4. The molecule has 0 unspecified atom stereocenters. The number of aromatic nitrogens is 1. The van der Waals surface area contributed by atoms with Gasteiger partial charge in [-0.25, -0.2) is 0 Å². The Labute approximate surface area is 206 Å². The largest absolute Gasteiger partial charge is 0.379 e. The van der Waals surface area contributed by atoms with E-state index in [1.54, 1.807) is 0 Å². The lowest BCUT2D eigenvalue weighted by Crippen LogP contribution is -2.51. The van der Waals surface area contributed by atoms with Crippen LogP contribution < -0.4 is 0 Å². The molecule has 2 fully saturated rings. The number of nitrogens with zero attached hydrogens (tertiary/aromatic N) is 3. The minimum atomic E-state index is -0.453. The Bertz CT molecular complexity index is 1180. The van der Waals surface area contributed by atoms with Gasteiger partial charge in [0.15, 0.2) is 0 Å². The van der Waals surface area contributed by atoms with Crippen molar-refractivity contribution < 1.29 is 14.3 Å². The predicted molar refractivity (Wildman–Crippen MR) is 136 cm³/mol. The van der Waals surface area contributed by atoms with Crippen molar-refractivity contribution in [3.8, 4) is 0 Å². The highest BCUT2D eigenvalue weighted by molar-refractivity contribution is 5.94. The van der Waals surface area contributed by atoms with Gasteiger partial charge in [0.2, 0.25) is 5.91 Å². The summed E-state index contributed by atoms with van der Waals surface area (Å²) < 4.78 is 5.93. The van der Waals surface area contributed by atoms with Gasteiger partial charge in [0.1, 0.15) is 0 Å². The second-order valence-electron chi connectivity index (χ2n) is 10.1. The molecule has 2 aromatic carbocycles. The smallest absolute Gasteiger partial charge is 0.253 e. The maximum absolute atomic E-state index is 13.7. The number of rotatable bonds is 4. The van der Waals surface area contributed by atoms with E-state index in [1.165, 1.54) is 16.3 Å². The van der Waals surface area contributed by atoms with E-state index in [-0.39, 0.29) is 17.7 Å². The average Bonchev–Trinajstić information content (AvgIpc) is 3.14. The number of carbonyl (C=O) groups is 2. The molecule has 2 aliphatic heterocycles. The molecule has 5 rings (SSSR count). The molecule has 0 radical (unpaired) electrons. The molecule has 2 amide bonds. The van der Waals surface area contributed by atoms with Crippen LogP contribution in [0.3, 0.4) is 0 Å². The second-order valence-corrected chi connectivity index (χ2v) is 10.1. The molecular weight excluding hydrogens is 438 g/mol. The molecule has 2 aliphatic rings. The monoisotopic (exact) mass is 471 g/mol. The first-order valence-electron chi connectivity index (χ1n) is 12.6. The van der Waals surface area contributed by atoms with Gasteiger partial charge in [0.05, 0.1) is 13.2 Å². The maximum Gasteiger partial charge on any atom is 0.253 e. The molecule has 182 valence electrons. The van der Waals surface area contributed by atoms with Crippen molar-refractivity contribution >= 4 is 22.6 Å². The first kappa shape index (κ1) is 23.5. The number of likely N-dealkylation sites (tertiary alicyclic amines) is 1. The van der Waals surface area contributed by atoms with Crippen LogP contribution in [0.15, 0.2) is 67.0 Å². The highest BCUT2D eigenvalue weighted by atomic mass is 16.5. The quantitative estimate of drug-likeness (QED) is 0.572. The summed E-state index contributed by atoms with van der Waals surface area (Å²) in [6, 6.07) is 17.8. The van der Waals surface area contributed by atoms with E-state index in [2.05, 4.69) is 30.1 Å². The van der Waals surface area contributed by atoms with Gasteiger partial charge in [-0.3, -0.25) is 14.6 Å². The summed E-state index contributed by atoms with van der Waals surface area (Å²) in [6.07, 6.45) is 5.96. The van der Waals surface area contributed by atoms with Crippen LogP contribution in [0.5, 0.6) is 0 Å². The predicted octanol–water partition coefficient (Wildman–Crippen LogP) is 4.19. The normalized spacial score (nSPS) is 20.4. The van der Waals surface area contributed by atoms with Gasteiger partial charge in [-0.15, -0.1) is 0 Å². The molecule has 0 aliphatic carbocycles. The van der Waals surface area contributed by atoms with Crippen LogP contribution >= 0.6 is 0 Å². The molecule has 0 saturated carbocycles. The van der Waals surface area contributed by atoms with E-state index < -0.39 is 5.41 Å². The molecule has 0 spiro atoms. The van der Waals surface area contributed by atoms with E-state index >= 15 is 0 Å². The Morgan fingerprint density at radius 2 is 1.80 bits per heavy atom. The minimum absolute atomic E-state index is 0.0490. The topological polar surface area (TPSA) is 62.7 Å². The van der Waals surface area contributed by atoms with E-state index in [0.29, 0.717) is 57.8 Å². The summed E-state index contributed by atoms with van der Waals surface area (Å²) in [6.45, 7) is 5.80. The molecular formula is C29H33N3O3. The highest BCUT2D eigenvalue weighted by Crippen LogP contribution is 2.34. The molecule has 35 heavy (non-hydrogen) atoms. The number of ether oxygens (including phenoxy) is 1. The number of carbonyl (C=O) groups excluding carboxylic acids is 2. The van der Waals surface area contributed by atoms with Gasteiger partial charge < -0.3 is 14.5 Å². The first-order chi connectivity index (χ1) is 17.0. The molecule has 6 heteroatoms. The fraction of sp³-hybridized carbons (Fsp3) is 0.414. The Morgan fingerprint density at radius 3 is 2.60 bits per heavy atom. The fourth-order valence-corrected chi connectivity index (χ4v) is 5.42. The van der Waals surface area contributed by atoms with E-state index in [0.717, 1.165) is 6.42 Å². The average molecular weight is 472 g/mol. The Hall–Kier alpha value is -3.25. The zero-order valence-corrected chi connectivity index (χ0v) is 20.4. The standard InChI is InChI=1S/C29H33N3O3/c1-29(11-14-31(15-12-29)27(33)24-6-3-2-4-7-24)28(34)32-16-17-35-21-22(20-32)18-25-9-5-8-23-10-13-30-19-26(23)25/h2-10,13,19,22H,11-12,14-18,20-21H2,1H3/t22-/m0/s1. The van der Waals surface area contributed by atoms with Crippen molar-refractivity contribution in [3.63, 3.8) is 0 Å². The van der Waals surface area contributed by atoms with Crippen LogP contribution in [0.1, 0.15) is 35.7 Å². The summed E-state index contributed by atoms with van der Waals surface area (Å²) in [5, 5.41) is 2.35. The molecule has 3 heterocycles. The number of benzene rings is 2. The highest BCUT2D eigenvalue weighted by Gasteiger charge is 2.41. The third-order valence-electron chi connectivity index (χ3n) is 7.60. The van der Waals surface area contributed by atoms with Gasteiger partial charge in [-0.05, 0) is 48.4 Å². The van der Waals surface area contributed by atoms with Crippen molar-refractivity contribution in [1.82, 2.24) is 14.8 Å². The molecule has 2 saturated heterocycles. The fourth-order valence-electron chi connectivity index (χ4n) is 5.42. The van der Waals surface area contributed by atoms with E-state index in [9.17, 15) is 9.59 Å². The van der Waals surface area contributed by atoms with Crippen molar-refractivity contribution in [2.45, 2.75) is 26.2 Å². The lowest BCUT2D eigenvalue weighted by Gasteiger charge is -2.41. The first-order valence-corrected chi connectivity index (χ1v) is 12.6. The lowest BCUT2D eigenvalue weighted by atomic mass is 9.78. The molecule has 0 N–H and O–H groups in total. The van der Waals surface area contributed by atoms with Crippen LogP contribution in [0, 0.1) is 11.3 Å². The third kappa shape index (κ3) is 5.08. The van der Waals surface area contributed by atoms with E-state index in [4.69, 9.17) is 4.74 Å². The van der Waals surface area contributed by atoms with E-state index in [1.807, 2.05) is 58.6 Å². The molecule has 1 atom stereocenters. The second kappa shape index (κ2) is 10.2. The summed E-state index contributed by atoms with van der Waals surface area (Å²) in [7, 11) is 0. The van der Waals surface area contributed by atoms with Gasteiger partial charge >= 0.3 is 0 Å². The summed E-state index contributed by atoms with van der Waals surface area (Å²) >= 11 is 0. The number of fused-ring (bicyclic) bond motifs is 1. The van der Waals surface area contributed by atoms with Crippen molar-refractivity contribution in [2.75, 3.05) is 39.4 Å². The van der Waals surface area contributed by atoms with Crippen LogP contribution in [0.2, 0.25) is 0 Å². The molecule has 1 aromatic heterocycles. The van der Waals surface area contributed by atoms with Crippen LogP contribution in [0.25, 0.3) is 10.8 Å². The summed E-state index contributed by atoms with van der Waals surface area (Å²) in [5.74, 6) is 0.475. The Morgan fingerprint density at radius 1 is 1.00 bits per heavy atom. The zero-order chi connectivity index (χ0) is 24.3. The van der Waals surface area contributed by atoms with Crippen molar-refractivity contribution in [1.29, 1.82) is 0 Å². The Kier molecular flexibility index (Phi) is 6.82.